The van der Waals surface area contributed by atoms with Gasteiger partial charge in [0.1, 0.15) is 0 Å². The summed E-state index contributed by atoms with van der Waals surface area (Å²) < 4.78 is 36.6. The van der Waals surface area contributed by atoms with Crippen molar-refractivity contribution in [2.24, 2.45) is 0 Å². The molecule has 0 atom stereocenters. The third-order valence-electron chi connectivity index (χ3n) is 1.73. The SMILES string of the molecule is Cc1[c]c[c]c(C(F)(F)F)c1C. The lowest BCUT2D eigenvalue weighted by Gasteiger charge is -2.10. The van der Waals surface area contributed by atoms with E-state index in [0.717, 1.165) is 0 Å². The van der Waals surface area contributed by atoms with Crippen LogP contribution in [0.3, 0.4) is 0 Å². The van der Waals surface area contributed by atoms with E-state index >= 15 is 0 Å². The van der Waals surface area contributed by atoms with Crippen LogP contribution in [0.4, 0.5) is 13.2 Å². The van der Waals surface area contributed by atoms with Gasteiger partial charge in [0.05, 0.1) is 5.56 Å². The highest BCUT2D eigenvalue weighted by Gasteiger charge is 2.32. The van der Waals surface area contributed by atoms with Gasteiger partial charge in [-0.3, -0.25) is 0 Å². The Hall–Kier alpha value is -0.990. The first-order valence-electron chi connectivity index (χ1n) is 3.39. The van der Waals surface area contributed by atoms with Crippen molar-refractivity contribution in [1.29, 1.82) is 0 Å². The fourth-order valence-corrected chi connectivity index (χ4v) is 0.915. The third-order valence-corrected chi connectivity index (χ3v) is 1.73. The highest BCUT2D eigenvalue weighted by Crippen LogP contribution is 2.31. The Morgan fingerprint density at radius 3 is 2.17 bits per heavy atom. The molecule has 0 heterocycles. The van der Waals surface area contributed by atoms with E-state index < -0.39 is 11.7 Å². The van der Waals surface area contributed by atoms with Crippen LogP contribution in [0.1, 0.15) is 16.7 Å². The summed E-state index contributed by atoms with van der Waals surface area (Å²) in [6, 6.07) is 5.97. The van der Waals surface area contributed by atoms with Crippen molar-refractivity contribution in [1.82, 2.24) is 0 Å². The molecule has 1 rings (SSSR count). The van der Waals surface area contributed by atoms with Gasteiger partial charge >= 0.3 is 6.18 Å². The van der Waals surface area contributed by atoms with Crippen molar-refractivity contribution in [3.8, 4) is 0 Å². The van der Waals surface area contributed by atoms with E-state index in [4.69, 9.17) is 0 Å². The minimum Gasteiger partial charge on any atom is -0.166 e. The first kappa shape index (κ1) is 9.10. The van der Waals surface area contributed by atoms with Gasteiger partial charge in [-0.05, 0) is 43.2 Å². The number of hydrogen-bond donors (Lipinski definition) is 0. The topological polar surface area (TPSA) is 0 Å². The normalized spacial score (nSPS) is 11.8. The molecule has 1 aromatic rings. The van der Waals surface area contributed by atoms with Gasteiger partial charge in [-0.2, -0.15) is 13.2 Å². The van der Waals surface area contributed by atoms with Gasteiger partial charge in [-0.15, -0.1) is 0 Å². The summed E-state index contributed by atoms with van der Waals surface area (Å²) in [4.78, 5) is 0. The van der Waals surface area contributed by atoms with Crippen LogP contribution in [0.15, 0.2) is 6.07 Å². The molecule has 0 aliphatic carbocycles. The third kappa shape index (κ3) is 1.60. The van der Waals surface area contributed by atoms with Crippen LogP contribution >= 0.6 is 0 Å². The fourth-order valence-electron chi connectivity index (χ4n) is 0.915. The Kier molecular flexibility index (Phi) is 2.13. The molecule has 0 aliphatic heterocycles. The Morgan fingerprint density at radius 2 is 1.75 bits per heavy atom. The predicted molar refractivity (Wildman–Crippen MR) is 38.6 cm³/mol. The van der Waals surface area contributed by atoms with Crippen LogP contribution in [0.5, 0.6) is 0 Å². The maximum Gasteiger partial charge on any atom is 0.417 e. The van der Waals surface area contributed by atoms with E-state index in [9.17, 15) is 13.2 Å². The second-order valence-electron chi connectivity index (χ2n) is 2.56. The Labute approximate surface area is 69.0 Å². The lowest BCUT2D eigenvalue weighted by atomic mass is 10.0. The summed E-state index contributed by atoms with van der Waals surface area (Å²) in [5.74, 6) is 0. The van der Waals surface area contributed by atoms with Crippen LogP contribution in [0.25, 0.3) is 0 Å². The van der Waals surface area contributed by atoms with Crippen molar-refractivity contribution in [3.63, 3.8) is 0 Å². The molecule has 0 fully saturated rings. The van der Waals surface area contributed by atoms with Gasteiger partial charge < -0.3 is 0 Å². The van der Waals surface area contributed by atoms with E-state index in [2.05, 4.69) is 12.1 Å². The number of aryl methyl sites for hydroxylation is 1. The largest absolute Gasteiger partial charge is 0.417 e. The van der Waals surface area contributed by atoms with Gasteiger partial charge in [0, 0.05) is 0 Å². The van der Waals surface area contributed by atoms with E-state index in [1.807, 2.05) is 0 Å². The number of benzene rings is 1. The summed E-state index contributed by atoms with van der Waals surface area (Å²) in [5, 5.41) is 0. The summed E-state index contributed by atoms with van der Waals surface area (Å²) in [7, 11) is 0. The molecule has 0 aromatic heterocycles. The van der Waals surface area contributed by atoms with Gasteiger partial charge in [0.25, 0.3) is 0 Å². The molecule has 0 unspecified atom stereocenters. The lowest BCUT2D eigenvalue weighted by Crippen LogP contribution is -2.08. The number of halogens is 3. The van der Waals surface area contributed by atoms with Gasteiger partial charge in [0.15, 0.2) is 0 Å². The minimum atomic E-state index is -4.30. The second-order valence-corrected chi connectivity index (χ2v) is 2.56. The van der Waals surface area contributed by atoms with Crippen LogP contribution in [0.2, 0.25) is 0 Å². The molecule has 2 radical (unpaired) electrons. The van der Waals surface area contributed by atoms with Crippen molar-refractivity contribution in [2.75, 3.05) is 0 Å². The molecular weight excluding hydrogens is 165 g/mol. The number of hydrogen-bond acceptors (Lipinski definition) is 0. The van der Waals surface area contributed by atoms with Gasteiger partial charge in [-0.25, -0.2) is 0 Å². The highest BCUT2D eigenvalue weighted by atomic mass is 19.4. The van der Waals surface area contributed by atoms with Crippen LogP contribution in [0, 0.1) is 26.0 Å². The predicted octanol–water partition coefficient (Wildman–Crippen LogP) is 2.92. The van der Waals surface area contributed by atoms with Crippen LogP contribution in [-0.4, -0.2) is 0 Å². The molecular formula is C9H7F3. The summed E-state index contributed by atoms with van der Waals surface area (Å²) >= 11 is 0. The number of rotatable bonds is 0. The average Bonchev–Trinajstić information content (AvgIpc) is 1.92. The standard InChI is InChI=1S/C9H7F3/c1-6-4-3-5-8(7(6)2)9(10,11)12/h3H,1-2H3. The molecule has 0 aliphatic rings. The molecule has 3 heteroatoms. The molecule has 0 saturated heterocycles. The van der Waals surface area contributed by atoms with Crippen molar-refractivity contribution in [3.05, 3.63) is 34.9 Å². The minimum absolute atomic E-state index is 0.199. The lowest BCUT2D eigenvalue weighted by molar-refractivity contribution is -0.138. The zero-order chi connectivity index (χ0) is 9.35. The smallest absolute Gasteiger partial charge is 0.166 e. The summed E-state index contributed by atoms with van der Waals surface area (Å²) in [6.07, 6.45) is -4.30. The van der Waals surface area contributed by atoms with Gasteiger partial charge in [-0.1, -0.05) is 0 Å². The first-order valence-corrected chi connectivity index (χ1v) is 3.39. The Morgan fingerprint density at radius 1 is 1.17 bits per heavy atom. The zero-order valence-electron chi connectivity index (χ0n) is 6.71. The molecule has 64 valence electrons. The summed E-state index contributed by atoms with van der Waals surface area (Å²) in [5.41, 5.74) is 0.0184. The highest BCUT2D eigenvalue weighted by molar-refractivity contribution is 5.33. The fraction of sp³-hybridized carbons (Fsp3) is 0.333. The molecule has 12 heavy (non-hydrogen) atoms. The van der Waals surface area contributed by atoms with Crippen LogP contribution in [-0.2, 0) is 6.18 Å². The quantitative estimate of drug-likeness (QED) is 0.564. The molecule has 0 spiro atoms. The number of alkyl halides is 3. The van der Waals surface area contributed by atoms with E-state index in [1.165, 1.54) is 13.0 Å². The molecule has 0 bridgehead atoms. The monoisotopic (exact) mass is 172 g/mol. The van der Waals surface area contributed by atoms with Crippen LogP contribution < -0.4 is 0 Å². The van der Waals surface area contributed by atoms with E-state index in [0.29, 0.717) is 5.56 Å². The van der Waals surface area contributed by atoms with Gasteiger partial charge in [0.2, 0.25) is 0 Å². The molecule has 0 N–H and O–H groups in total. The average molecular weight is 172 g/mol. The van der Waals surface area contributed by atoms with Crippen molar-refractivity contribution in [2.45, 2.75) is 20.0 Å². The van der Waals surface area contributed by atoms with Crippen molar-refractivity contribution >= 4 is 0 Å². The molecule has 1 aromatic carbocycles. The summed E-state index contributed by atoms with van der Waals surface area (Å²) in [6.45, 7) is 3.02. The van der Waals surface area contributed by atoms with Crippen molar-refractivity contribution < 1.29 is 13.2 Å². The zero-order valence-corrected chi connectivity index (χ0v) is 6.71. The molecule has 0 saturated carbocycles. The molecule has 0 amide bonds. The Balaban J connectivity index is 3.26. The first-order chi connectivity index (χ1) is 5.43. The second kappa shape index (κ2) is 2.81. The maximum absolute atomic E-state index is 12.2. The van der Waals surface area contributed by atoms with E-state index in [-0.39, 0.29) is 5.56 Å². The Bertz CT molecular complexity index is 286. The maximum atomic E-state index is 12.2. The molecule has 0 nitrogen and oxygen atoms in total. The van der Waals surface area contributed by atoms with E-state index in [1.54, 1.807) is 6.92 Å².